The van der Waals surface area contributed by atoms with Gasteiger partial charge >= 0.3 is 5.97 Å². The van der Waals surface area contributed by atoms with Gasteiger partial charge in [-0.3, -0.25) is 4.79 Å². The number of hydrogen-bond acceptors (Lipinski definition) is 4. The number of nitrogens with one attached hydrogen (secondary N) is 1. The second-order valence-corrected chi connectivity index (χ2v) is 6.30. The van der Waals surface area contributed by atoms with Crippen LogP contribution in [0.1, 0.15) is 17.0 Å². The van der Waals surface area contributed by atoms with E-state index in [2.05, 4.69) is 10.4 Å². The van der Waals surface area contributed by atoms with Gasteiger partial charge in [-0.15, -0.1) is 0 Å². The minimum atomic E-state index is -0.739. The lowest BCUT2D eigenvalue weighted by atomic mass is 10.2. The summed E-state index contributed by atoms with van der Waals surface area (Å²) in [5.41, 5.74) is 3.10. The van der Waals surface area contributed by atoms with E-state index in [0.29, 0.717) is 11.4 Å². The Kier molecular flexibility index (Phi) is 6.19. The number of aryl methyl sites for hydroxylation is 1. The van der Waals surface area contributed by atoms with E-state index in [1.165, 1.54) is 18.2 Å². The van der Waals surface area contributed by atoms with Crippen molar-refractivity contribution in [2.24, 2.45) is 0 Å². The van der Waals surface area contributed by atoms with Crippen molar-refractivity contribution < 1.29 is 18.7 Å². The summed E-state index contributed by atoms with van der Waals surface area (Å²) in [5.74, 6) is -1.68. The quantitative estimate of drug-likeness (QED) is 0.510. The molecule has 0 aliphatic carbocycles. The third-order valence-electron chi connectivity index (χ3n) is 4.21. The number of halogens is 1. The molecule has 148 valence electrons. The molecule has 1 heterocycles. The first-order valence-corrected chi connectivity index (χ1v) is 8.96. The molecule has 3 rings (SSSR count). The Bertz CT molecular complexity index is 1060. The van der Waals surface area contributed by atoms with Crippen LogP contribution in [0.15, 0.2) is 60.7 Å². The number of benzene rings is 2. The first-order valence-electron chi connectivity index (χ1n) is 8.96. The first-order chi connectivity index (χ1) is 14.0. The lowest BCUT2D eigenvalue weighted by Gasteiger charge is -2.07. The van der Waals surface area contributed by atoms with Crippen molar-refractivity contribution in [2.45, 2.75) is 13.8 Å². The zero-order chi connectivity index (χ0) is 20.8. The molecule has 29 heavy (non-hydrogen) atoms. The summed E-state index contributed by atoms with van der Waals surface area (Å²) in [5, 5.41) is 7.17. The van der Waals surface area contributed by atoms with Gasteiger partial charge in [-0.25, -0.2) is 13.9 Å². The summed E-state index contributed by atoms with van der Waals surface area (Å²) in [6.45, 7) is 3.16. The number of anilines is 1. The van der Waals surface area contributed by atoms with Crippen LogP contribution < -0.4 is 5.32 Å². The molecule has 7 heteroatoms. The highest BCUT2D eigenvalue weighted by Crippen LogP contribution is 2.22. The number of para-hydroxylation sites is 1. The number of nitrogens with zero attached hydrogens (tertiary/aromatic N) is 2. The molecule has 1 amide bonds. The molecule has 1 aromatic heterocycles. The smallest absolute Gasteiger partial charge is 0.331 e. The van der Waals surface area contributed by atoms with Crippen LogP contribution in [0.25, 0.3) is 11.8 Å². The molecule has 2 aromatic carbocycles. The van der Waals surface area contributed by atoms with E-state index in [0.717, 1.165) is 17.5 Å². The Morgan fingerprint density at radius 3 is 2.52 bits per heavy atom. The predicted molar refractivity (Wildman–Crippen MR) is 108 cm³/mol. The third kappa shape index (κ3) is 4.95. The van der Waals surface area contributed by atoms with Gasteiger partial charge in [0, 0.05) is 11.6 Å². The molecule has 0 bridgehead atoms. The molecule has 0 atom stereocenters. The van der Waals surface area contributed by atoms with Crippen LogP contribution in [0.4, 0.5) is 10.1 Å². The van der Waals surface area contributed by atoms with Crippen LogP contribution in [0, 0.1) is 19.7 Å². The highest BCUT2D eigenvalue weighted by Gasteiger charge is 2.16. The Balaban J connectivity index is 1.59. The maximum absolute atomic E-state index is 13.5. The number of hydrogen-bond donors (Lipinski definition) is 1. The predicted octanol–water partition coefficient (Wildman–Crippen LogP) is 3.82. The first kappa shape index (κ1) is 20.0. The molecule has 0 aliphatic rings. The third-order valence-corrected chi connectivity index (χ3v) is 4.21. The molecule has 0 saturated carbocycles. The van der Waals surface area contributed by atoms with Gasteiger partial charge in [0.1, 0.15) is 5.82 Å². The van der Waals surface area contributed by atoms with Crippen LogP contribution in [0.5, 0.6) is 0 Å². The van der Waals surface area contributed by atoms with Gasteiger partial charge in [-0.1, -0.05) is 36.4 Å². The number of carbonyl (C=O) groups is 2. The van der Waals surface area contributed by atoms with Crippen molar-refractivity contribution in [3.8, 4) is 5.69 Å². The molecular formula is C22H20FN3O3. The van der Waals surface area contributed by atoms with Crippen molar-refractivity contribution in [1.82, 2.24) is 9.78 Å². The molecule has 1 N–H and O–H groups in total. The van der Waals surface area contributed by atoms with Gasteiger partial charge in [0.15, 0.2) is 6.61 Å². The van der Waals surface area contributed by atoms with E-state index in [9.17, 15) is 14.0 Å². The second-order valence-electron chi connectivity index (χ2n) is 6.30. The molecular weight excluding hydrogens is 373 g/mol. The topological polar surface area (TPSA) is 73.2 Å². The molecule has 0 fully saturated rings. The molecule has 0 saturated heterocycles. The Morgan fingerprint density at radius 1 is 1.10 bits per heavy atom. The Morgan fingerprint density at radius 2 is 1.79 bits per heavy atom. The zero-order valence-electron chi connectivity index (χ0n) is 16.1. The van der Waals surface area contributed by atoms with Gasteiger partial charge < -0.3 is 10.1 Å². The molecule has 6 nitrogen and oxygen atoms in total. The average Bonchev–Trinajstić information content (AvgIpc) is 3.00. The summed E-state index contributed by atoms with van der Waals surface area (Å²) >= 11 is 0. The number of ether oxygens (including phenoxy) is 1. The van der Waals surface area contributed by atoms with Gasteiger partial charge in [-0.2, -0.15) is 5.10 Å². The van der Waals surface area contributed by atoms with E-state index in [1.54, 1.807) is 23.7 Å². The van der Waals surface area contributed by atoms with Crippen molar-refractivity contribution in [3.05, 3.63) is 83.4 Å². The summed E-state index contributed by atoms with van der Waals surface area (Å²) < 4.78 is 20.2. The number of aromatic nitrogens is 2. The normalized spacial score (nSPS) is 10.9. The summed E-state index contributed by atoms with van der Waals surface area (Å²) in [7, 11) is 0. The zero-order valence-corrected chi connectivity index (χ0v) is 16.1. The fourth-order valence-corrected chi connectivity index (χ4v) is 2.77. The van der Waals surface area contributed by atoms with Crippen molar-refractivity contribution >= 4 is 23.6 Å². The van der Waals surface area contributed by atoms with Crippen LogP contribution in [0.2, 0.25) is 0 Å². The maximum Gasteiger partial charge on any atom is 0.331 e. The average molecular weight is 393 g/mol. The minimum absolute atomic E-state index is 0.258. The van der Waals surface area contributed by atoms with Crippen LogP contribution >= 0.6 is 0 Å². The molecule has 0 spiro atoms. The lowest BCUT2D eigenvalue weighted by molar-refractivity contribution is -0.142. The van der Waals surface area contributed by atoms with Crippen molar-refractivity contribution in [1.29, 1.82) is 0 Å². The highest BCUT2D eigenvalue weighted by atomic mass is 19.1. The Labute approximate surface area is 167 Å². The largest absolute Gasteiger partial charge is 0.452 e. The maximum atomic E-state index is 13.5. The van der Waals surface area contributed by atoms with E-state index in [4.69, 9.17) is 4.74 Å². The van der Waals surface area contributed by atoms with Crippen LogP contribution in [-0.4, -0.2) is 28.3 Å². The SMILES string of the molecule is Cc1nn(-c2ccccc2)c(C)c1NC(=O)COC(=O)/C=C/c1ccccc1F. The number of rotatable bonds is 6. The standard InChI is InChI=1S/C22H20FN3O3/c1-15-22(16(2)26(25-15)18-9-4-3-5-10-18)24-20(27)14-29-21(28)13-12-17-8-6-7-11-19(17)23/h3-13H,14H2,1-2H3,(H,24,27)/b13-12+. The van der Waals surface area contributed by atoms with Gasteiger partial charge in [0.2, 0.25) is 0 Å². The fraction of sp³-hybridized carbons (Fsp3) is 0.136. The molecule has 0 unspecified atom stereocenters. The number of carbonyl (C=O) groups excluding carboxylic acids is 2. The van der Waals surface area contributed by atoms with Crippen molar-refractivity contribution in [3.63, 3.8) is 0 Å². The fourth-order valence-electron chi connectivity index (χ4n) is 2.77. The van der Waals surface area contributed by atoms with E-state index in [-0.39, 0.29) is 5.56 Å². The van der Waals surface area contributed by atoms with Crippen molar-refractivity contribution in [2.75, 3.05) is 11.9 Å². The lowest BCUT2D eigenvalue weighted by Crippen LogP contribution is -2.20. The Hall–Kier alpha value is -3.74. The van der Waals surface area contributed by atoms with Gasteiger partial charge in [0.25, 0.3) is 5.91 Å². The minimum Gasteiger partial charge on any atom is -0.452 e. The molecule has 3 aromatic rings. The van der Waals surface area contributed by atoms with Crippen LogP contribution in [-0.2, 0) is 14.3 Å². The van der Waals surface area contributed by atoms with E-state index < -0.39 is 24.3 Å². The van der Waals surface area contributed by atoms with E-state index >= 15 is 0 Å². The monoisotopic (exact) mass is 393 g/mol. The highest BCUT2D eigenvalue weighted by molar-refractivity contribution is 5.95. The summed E-state index contributed by atoms with van der Waals surface area (Å²) in [6.07, 6.45) is 2.38. The summed E-state index contributed by atoms with van der Waals surface area (Å²) in [6, 6.07) is 15.6. The van der Waals surface area contributed by atoms with Gasteiger partial charge in [0.05, 0.1) is 22.8 Å². The number of esters is 1. The molecule has 0 radical (unpaired) electrons. The second kappa shape index (κ2) is 8.97. The van der Waals surface area contributed by atoms with Crippen LogP contribution in [0.3, 0.4) is 0 Å². The summed E-state index contributed by atoms with van der Waals surface area (Å²) in [4.78, 5) is 24.0. The number of amides is 1. The van der Waals surface area contributed by atoms with E-state index in [1.807, 2.05) is 37.3 Å². The van der Waals surface area contributed by atoms with Gasteiger partial charge in [-0.05, 0) is 38.1 Å². The molecule has 0 aliphatic heterocycles.